The molecule has 2 aromatic carbocycles. The second kappa shape index (κ2) is 9.74. The van der Waals surface area contributed by atoms with Crippen LogP contribution in [0.4, 0.5) is 4.39 Å². The number of carbonyl (C=O) groups is 1. The van der Waals surface area contributed by atoms with E-state index in [2.05, 4.69) is 16.2 Å². The van der Waals surface area contributed by atoms with Crippen LogP contribution in [0.25, 0.3) is 16.9 Å². The van der Waals surface area contributed by atoms with Crippen LogP contribution < -0.4 is 5.56 Å². The molecule has 0 atom stereocenters. The van der Waals surface area contributed by atoms with E-state index >= 15 is 4.39 Å². The minimum absolute atomic E-state index is 0.0546. The van der Waals surface area contributed by atoms with Gasteiger partial charge in [-0.3, -0.25) is 14.2 Å². The van der Waals surface area contributed by atoms with Gasteiger partial charge in [0.15, 0.2) is 0 Å². The number of nitrogens with zero attached hydrogens (tertiary/aromatic N) is 5. The molecule has 1 aliphatic carbocycles. The Hall–Kier alpha value is -4.12. The highest BCUT2D eigenvalue weighted by molar-refractivity contribution is 5.79. The summed E-state index contributed by atoms with van der Waals surface area (Å²) in [5.74, 6) is 0.665. The smallest absolute Gasteiger partial charge is 0.259 e. The Morgan fingerprint density at radius 3 is 2.65 bits per heavy atom. The van der Waals surface area contributed by atoms with Crippen LogP contribution in [0.1, 0.15) is 67.4 Å². The van der Waals surface area contributed by atoms with Crippen molar-refractivity contribution in [1.82, 2.24) is 19.2 Å². The maximum absolute atomic E-state index is 15.4. The third kappa shape index (κ3) is 4.35. The van der Waals surface area contributed by atoms with Crippen molar-refractivity contribution in [3.8, 4) is 17.2 Å². The molecule has 188 valence electrons. The Morgan fingerprint density at radius 1 is 1.22 bits per heavy atom. The van der Waals surface area contributed by atoms with Gasteiger partial charge in [0, 0.05) is 23.9 Å². The predicted molar refractivity (Wildman–Crippen MR) is 138 cm³/mol. The number of carbonyl (C=O) groups excluding carboxylic acids is 1. The Kier molecular flexibility index (Phi) is 6.46. The van der Waals surface area contributed by atoms with E-state index in [1.807, 2.05) is 13.0 Å². The largest absolute Gasteiger partial charge is 0.300 e. The van der Waals surface area contributed by atoms with Crippen molar-refractivity contribution >= 4 is 11.6 Å². The van der Waals surface area contributed by atoms with E-state index in [1.54, 1.807) is 53.3 Å². The van der Waals surface area contributed by atoms with Gasteiger partial charge in [-0.25, -0.2) is 8.91 Å². The van der Waals surface area contributed by atoms with Gasteiger partial charge in [-0.15, -0.1) is 0 Å². The SMILES string of the molecule is CCCc1c(Cc2ccc(-c3ccccc3C#N)cc2F)c(=O)n(C2CC(C(C)=O)C2)c2nc(C)nn12. The summed E-state index contributed by atoms with van der Waals surface area (Å²) in [4.78, 5) is 30.3. The van der Waals surface area contributed by atoms with Crippen LogP contribution in [0.15, 0.2) is 47.3 Å². The van der Waals surface area contributed by atoms with Crippen molar-refractivity contribution in [2.75, 3.05) is 0 Å². The predicted octanol–water partition coefficient (Wildman–Crippen LogP) is 4.96. The van der Waals surface area contributed by atoms with Crippen LogP contribution in [0, 0.1) is 30.0 Å². The number of aromatic nitrogens is 4. The van der Waals surface area contributed by atoms with Crippen LogP contribution in [-0.2, 0) is 17.6 Å². The lowest BCUT2D eigenvalue weighted by Gasteiger charge is -2.35. The molecule has 7 nitrogen and oxygen atoms in total. The normalized spacial score (nSPS) is 16.9. The molecule has 37 heavy (non-hydrogen) atoms. The molecule has 0 saturated heterocycles. The summed E-state index contributed by atoms with van der Waals surface area (Å²) in [7, 11) is 0. The molecule has 2 aromatic heterocycles. The van der Waals surface area contributed by atoms with E-state index in [4.69, 9.17) is 0 Å². The zero-order chi connectivity index (χ0) is 26.3. The zero-order valence-corrected chi connectivity index (χ0v) is 21.2. The van der Waals surface area contributed by atoms with Gasteiger partial charge in [-0.05, 0) is 61.9 Å². The highest BCUT2D eigenvalue weighted by Gasteiger charge is 2.36. The first kappa shape index (κ1) is 24.6. The third-order valence-corrected chi connectivity index (χ3v) is 7.31. The van der Waals surface area contributed by atoms with Crippen LogP contribution in [0.2, 0.25) is 0 Å². The quantitative estimate of drug-likeness (QED) is 0.360. The van der Waals surface area contributed by atoms with Crippen LogP contribution in [-0.4, -0.2) is 24.9 Å². The summed E-state index contributed by atoms with van der Waals surface area (Å²) < 4.78 is 18.8. The van der Waals surface area contributed by atoms with E-state index in [9.17, 15) is 14.9 Å². The first-order valence-corrected chi connectivity index (χ1v) is 12.6. The zero-order valence-electron chi connectivity index (χ0n) is 21.2. The number of Topliss-reactive ketones (excluding diaryl/α,β-unsaturated/α-hetero) is 1. The Balaban J connectivity index is 1.60. The highest BCUT2D eigenvalue weighted by Crippen LogP contribution is 2.38. The number of nitriles is 1. The fraction of sp³-hybridized carbons (Fsp3) is 0.345. The van der Waals surface area contributed by atoms with Gasteiger partial charge in [0.25, 0.3) is 5.56 Å². The summed E-state index contributed by atoms with van der Waals surface area (Å²) in [5, 5.41) is 14.0. The van der Waals surface area contributed by atoms with E-state index < -0.39 is 5.82 Å². The molecule has 4 aromatic rings. The van der Waals surface area contributed by atoms with Gasteiger partial charge in [0.1, 0.15) is 17.4 Å². The number of aryl methyl sites for hydroxylation is 2. The number of halogens is 1. The van der Waals surface area contributed by atoms with Crippen molar-refractivity contribution in [2.24, 2.45) is 5.92 Å². The van der Waals surface area contributed by atoms with Gasteiger partial charge in [0.05, 0.1) is 17.3 Å². The summed E-state index contributed by atoms with van der Waals surface area (Å²) >= 11 is 0. The molecule has 1 saturated carbocycles. The molecule has 0 bridgehead atoms. The molecule has 0 amide bonds. The number of ketones is 1. The molecule has 1 aliphatic rings. The van der Waals surface area contributed by atoms with Gasteiger partial charge < -0.3 is 0 Å². The van der Waals surface area contributed by atoms with Gasteiger partial charge in [-0.2, -0.15) is 15.3 Å². The number of fused-ring (bicyclic) bond motifs is 1. The van der Waals surface area contributed by atoms with E-state index in [0.29, 0.717) is 58.7 Å². The van der Waals surface area contributed by atoms with Crippen molar-refractivity contribution in [3.05, 3.63) is 86.8 Å². The van der Waals surface area contributed by atoms with E-state index in [0.717, 1.165) is 12.1 Å². The lowest BCUT2D eigenvalue weighted by molar-refractivity contribution is -0.124. The molecule has 0 aliphatic heterocycles. The first-order valence-electron chi connectivity index (χ1n) is 12.6. The molecular formula is C29H28FN5O2. The molecule has 0 unspecified atom stereocenters. The number of benzene rings is 2. The van der Waals surface area contributed by atoms with E-state index in [1.165, 1.54) is 6.07 Å². The van der Waals surface area contributed by atoms with Crippen LogP contribution >= 0.6 is 0 Å². The van der Waals surface area contributed by atoms with Crippen LogP contribution in [0.3, 0.4) is 0 Å². The average molecular weight is 498 g/mol. The molecule has 2 heterocycles. The third-order valence-electron chi connectivity index (χ3n) is 7.31. The average Bonchev–Trinajstić information content (AvgIpc) is 3.24. The molecule has 1 fully saturated rings. The molecule has 0 radical (unpaired) electrons. The number of hydrogen-bond acceptors (Lipinski definition) is 5. The van der Waals surface area contributed by atoms with Gasteiger partial charge in [0.2, 0.25) is 5.78 Å². The molecule has 0 N–H and O–H groups in total. The molecular weight excluding hydrogens is 469 g/mol. The summed E-state index contributed by atoms with van der Waals surface area (Å²) in [6.07, 6.45) is 2.67. The number of hydrogen-bond donors (Lipinski definition) is 0. The van der Waals surface area contributed by atoms with E-state index in [-0.39, 0.29) is 29.7 Å². The molecule has 5 rings (SSSR count). The maximum atomic E-state index is 15.4. The Morgan fingerprint density at radius 2 is 1.97 bits per heavy atom. The summed E-state index contributed by atoms with van der Waals surface area (Å²) in [6, 6.07) is 14.0. The number of rotatable bonds is 7. The summed E-state index contributed by atoms with van der Waals surface area (Å²) in [6.45, 7) is 5.39. The first-order chi connectivity index (χ1) is 17.8. The fourth-order valence-electron chi connectivity index (χ4n) is 5.24. The topological polar surface area (TPSA) is 93.0 Å². The monoisotopic (exact) mass is 497 g/mol. The lowest BCUT2D eigenvalue weighted by atomic mass is 9.77. The van der Waals surface area contributed by atoms with Crippen LogP contribution in [0.5, 0.6) is 0 Å². The van der Waals surface area contributed by atoms with Crippen molar-refractivity contribution < 1.29 is 9.18 Å². The fourth-order valence-corrected chi connectivity index (χ4v) is 5.24. The molecule has 0 spiro atoms. The van der Waals surface area contributed by atoms with Crippen molar-refractivity contribution in [1.29, 1.82) is 5.26 Å². The van der Waals surface area contributed by atoms with Crippen molar-refractivity contribution in [2.45, 2.75) is 58.9 Å². The van der Waals surface area contributed by atoms with Gasteiger partial charge in [-0.1, -0.05) is 43.7 Å². The van der Waals surface area contributed by atoms with Gasteiger partial charge >= 0.3 is 0 Å². The standard InChI is InChI=1S/C29H28FN5O2/c1-4-7-27-25(14-20-11-10-19(15-26(20)30)24-9-6-5-8-21(24)16-31)28(37)34(23-12-22(13-23)17(2)36)29-32-18(3)33-35(27)29/h5-6,8-11,15,22-23H,4,7,12-14H2,1-3H3. The minimum atomic E-state index is -0.436. The highest BCUT2D eigenvalue weighted by atomic mass is 19.1. The Labute approximate surface area is 214 Å². The lowest BCUT2D eigenvalue weighted by Crippen LogP contribution is -2.39. The summed E-state index contributed by atoms with van der Waals surface area (Å²) in [5.41, 5.74) is 3.17. The Bertz CT molecular complexity index is 1620. The van der Waals surface area contributed by atoms with Crippen molar-refractivity contribution in [3.63, 3.8) is 0 Å². The minimum Gasteiger partial charge on any atom is -0.300 e. The second-order valence-electron chi connectivity index (χ2n) is 9.79. The maximum Gasteiger partial charge on any atom is 0.259 e. The molecule has 8 heteroatoms. The second-order valence-corrected chi connectivity index (χ2v) is 9.79.